The van der Waals surface area contributed by atoms with Gasteiger partial charge in [0, 0.05) is 31.6 Å². The maximum absolute atomic E-state index is 5.59. The summed E-state index contributed by atoms with van der Waals surface area (Å²) in [5, 5.41) is 0. The van der Waals surface area contributed by atoms with E-state index in [9.17, 15) is 0 Å². The summed E-state index contributed by atoms with van der Waals surface area (Å²) >= 11 is 0. The number of aromatic nitrogens is 1. The molecule has 88 valence electrons. The predicted octanol–water partition coefficient (Wildman–Crippen LogP) is 0.883. The van der Waals surface area contributed by atoms with E-state index in [0.717, 1.165) is 32.5 Å². The summed E-state index contributed by atoms with van der Waals surface area (Å²) in [5.41, 5.74) is 4.18. The van der Waals surface area contributed by atoms with Crippen LogP contribution in [0.15, 0.2) is 24.5 Å². The SMILES string of the molecule is NNC(Cc1ccncc1)CC1CCOC1. The van der Waals surface area contributed by atoms with E-state index in [0.29, 0.717) is 12.0 Å². The second kappa shape index (κ2) is 5.94. The lowest BCUT2D eigenvalue weighted by atomic mass is 9.95. The summed E-state index contributed by atoms with van der Waals surface area (Å²) < 4.78 is 5.37. The van der Waals surface area contributed by atoms with Crippen molar-refractivity contribution in [2.24, 2.45) is 11.8 Å². The lowest BCUT2D eigenvalue weighted by Gasteiger charge is -2.18. The van der Waals surface area contributed by atoms with Gasteiger partial charge in [0.1, 0.15) is 0 Å². The standard InChI is InChI=1S/C12H19N3O/c13-15-12(8-11-3-6-16-9-11)7-10-1-4-14-5-2-10/h1-2,4-5,11-12,15H,3,6-9,13H2. The van der Waals surface area contributed by atoms with Gasteiger partial charge in [-0.3, -0.25) is 16.3 Å². The van der Waals surface area contributed by atoms with Crippen molar-refractivity contribution in [2.75, 3.05) is 13.2 Å². The molecular formula is C12H19N3O. The second-order valence-corrected chi connectivity index (χ2v) is 4.39. The maximum atomic E-state index is 5.59. The molecule has 1 saturated heterocycles. The van der Waals surface area contributed by atoms with Crippen molar-refractivity contribution in [1.82, 2.24) is 10.4 Å². The van der Waals surface area contributed by atoms with Gasteiger partial charge in [0.15, 0.2) is 0 Å². The van der Waals surface area contributed by atoms with Crippen LogP contribution in [-0.2, 0) is 11.2 Å². The first-order chi connectivity index (χ1) is 7.88. The fraction of sp³-hybridized carbons (Fsp3) is 0.583. The van der Waals surface area contributed by atoms with Gasteiger partial charge in [0.05, 0.1) is 0 Å². The van der Waals surface area contributed by atoms with E-state index >= 15 is 0 Å². The first kappa shape index (κ1) is 11.5. The van der Waals surface area contributed by atoms with Gasteiger partial charge >= 0.3 is 0 Å². The third-order valence-corrected chi connectivity index (χ3v) is 3.11. The summed E-state index contributed by atoms with van der Waals surface area (Å²) in [6.07, 6.45) is 6.84. The first-order valence-electron chi connectivity index (χ1n) is 5.81. The third kappa shape index (κ3) is 3.27. The molecule has 0 aromatic carbocycles. The number of hydrogen-bond acceptors (Lipinski definition) is 4. The van der Waals surface area contributed by atoms with Crippen LogP contribution in [0, 0.1) is 5.92 Å². The third-order valence-electron chi connectivity index (χ3n) is 3.11. The van der Waals surface area contributed by atoms with Crippen LogP contribution < -0.4 is 11.3 Å². The molecule has 0 amide bonds. The van der Waals surface area contributed by atoms with Crippen LogP contribution in [-0.4, -0.2) is 24.2 Å². The summed E-state index contributed by atoms with van der Waals surface area (Å²) in [5.74, 6) is 6.25. The number of hydrazine groups is 1. The van der Waals surface area contributed by atoms with E-state index < -0.39 is 0 Å². The highest BCUT2D eigenvalue weighted by Gasteiger charge is 2.20. The Kier molecular flexibility index (Phi) is 4.27. The highest BCUT2D eigenvalue weighted by molar-refractivity contribution is 5.11. The van der Waals surface area contributed by atoms with Crippen molar-refractivity contribution in [3.05, 3.63) is 30.1 Å². The number of nitrogens with zero attached hydrogens (tertiary/aromatic N) is 1. The monoisotopic (exact) mass is 221 g/mol. The van der Waals surface area contributed by atoms with Crippen LogP contribution in [0.4, 0.5) is 0 Å². The average molecular weight is 221 g/mol. The summed E-state index contributed by atoms with van der Waals surface area (Å²) in [6.45, 7) is 1.78. The summed E-state index contributed by atoms with van der Waals surface area (Å²) in [4.78, 5) is 4.01. The fourth-order valence-corrected chi connectivity index (χ4v) is 2.19. The molecule has 1 aromatic rings. The second-order valence-electron chi connectivity index (χ2n) is 4.39. The van der Waals surface area contributed by atoms with E-state index in [2.05, 4.69) is 10.4 Å². The number of nitrogens with one attached hydrogen (secondary N) is 1. The van der Waals surface area contributed by atoms with Crippen molar-refractivity contribution in [1.29, 1.82) is 0 Å². The zero-order chi connectivity index (χ0) is 11.2. The molecular weight excluding hydrogens is 202 g/mol. The minimum absolute atomic E-state index is 0.328. The van der Waals surface area contributed by atoms with Gasteiger partial charge in [-0.05, 0) is 42.9 Å². The predicted molar refractivity (Wildman–Crippen MR) is 62.6 cm³/mol. The van der Waals surface area contributed by atoms with Crippen molar-refractivity contribution < 1.29 is 4.74 Å². The topological polar surface area (TPSA) is 60.2 Å². The minimum atomic E-state index is 0.328. The Labute approximate surface area is 96.2 Å². The molecule has 2 rings (SSSR count). The van der Waals surface area contributed by atoms with E-state index in [1.54, 1.807) is 0 Å². The zero-order valence-electron chi connectivity index (χ0n) is 9.43. The molecule has 0 spiro atoms. The first-order valence-corrected chi connectivity index (χ1v) is 5.81. The molecule has 0 saturated carbocycles. The molecule has 2 heterocycles. The number of hydrogen-bond donors (Lipinski definition) is 2. The Morgan fingerprint density at radius 3 is 2.94 bits per heavy atom. The van der Waals surface area contributed by atoms with E-state index in [1.165, 1.54) is 5.56 Å². The molecule has 1 aliphatic heterocycles. The van der Waals surface area contributed by atoms with Crippen molar-refractivity contribution in [3.8, 4) is 0 Å². The molecule has 4 nitrogen and oxygen atoms in total. The molecule has 1 fully saturated rings. The molecule has 4 heteroatoms. The molecule has 0 aliphatic carbocycles. The molecule has 1 aromatic heterocycles. The van der Waals surface area contributed by atoms with Gasteiger partial charge in [-0.15, -0.1) is 0 Å². The largest absolute Gasteiger partial charge is 0.381 e. The number of ether oxygens (including phenoxy) is 1. The minimum Gasteiger partial charge on any atom is -0.381 e. The van der Waals surface area contributed by atoms with Crippen LogP contribution in [0.1, 0.15) is 18.4 Å². The maximum Gasteiger partial charge on any atom is 0.0495 e. The van der Waals surface area contributed by atoms with Gasteiger partial charge in [-0.1, -0.05) is 0 Å². The highest BCUT2D eigenvalue weighted by Crippen LogP contribution is 2.19. The summed E-state index contributed by atoms with van der Waals surface area (Å²) in [7, 11) is 0. The number of pyridine rings is 1. The molecule has 1 aliphatic rings. The molecule has 2 atom stereocenters. The van der Waals surface area contributed by atoms with Crippen LogP contribution in [0.25, 0.3) is 0 Å². The zero-order valence-corrected chi connectivity index (χ0v) is 9.43. The molecule has 2 unspecified atom stereocenters. The molecule has 16 heavy (non-hydrogen) atoms. The van der Waals surface area contributed by atoms with Gasteiger partial charge in [-0.25, -0.2) is 0 Å². The smallest absolute Gasteiger partial charge is 0.0495 e. The quantitative estimate of drug-likeness (QED) is 0.572. The lowest BCUT2D eigenvalue weighted by molar-refractivity contribution is 0.181. The molecule has 0 bridgehead atoms. The molecule has 0 radical (unpaired) electrons. The van der Waals surface area contributed by atoms with Crippen LogP contribution in [0.5, 0.6) is 0 Å². The van der Waals surface area contributed by atoms with Gasteiger partial charge < -0.3 is 4.74 Å². The number of rotatable bonds is 5. The Hall–Kier alpha value is -0.970. The normalized spacial score (nSPS) is 22.2. The Bertz CT molecular complexity index is 298. The van der Waals surface area contributed by atoms with Crippen LogP contribution in [0.2, 0.25) is 0 Å². The van der Waals surface area contributed by atoms with Crippen molar-refractivity contribution in [3.63, 3.8) is 0 Å². The van der Waals surface area contributed by atoms with Gasteiger partial charge in [-0.2, -0.15) is 0 Å². The van der Waals surface area contributed by atoms with Crippen LogP contribution in [0.3, 0.4) is 0 Å². The van der Waals surface area contributed by atoms with E-state index in [-0.39, 0.29) is 0 Å². The average Bonchev–Trinajstić information content (AvgIpc) is 2.82. The van der Waals surface area contributed by atoms with E-state index in [4.69, 9.17) is 10.6 Å². The van der Waals surface area contributed by atoms with Crippen LogP contribution >= 0.6 is 0 Å². The van der Waals surface area contributed by atoms with Gasteiger partial charge in [0.2, 0.25) is 0 Å². The number of nitrogens with two attached hydrogens (primary N) is 1. The lowest BCUT2D eigenvalue weighted by Crippen LogP contribution is -2.38. The Balaban J connectivity index is 1.85. The highest BCUT2D eigenvalue weighted by atomic mass is 16.5. The van der Waals surface area contributed by atoms with Gasteiger partial charge in [0.25, 0.3) is 0 Å². The van der Waals surface area contributed by atoms with Crippen molar-refractivity contribution >= 4 is 0 Å². The summed E-state index contributed by atoms with van der Waals surface area (Å²) in [6, 6.07) is 4.40. The van der Waals surface area contributed by atoms with E-state index in [1.807, 2.05) is 24.5 Å². The fourth-order valence-electron chi connectivity index (χ4n) is 2.19. The Morgan fingerprint density at radius 1 is 1.50 bits per heavy atom. The molecule has 3 N–H and O–H groups in total. The van der Waals surface area contributed by atoms with Crippen molar-refractivity contribution in [2.45, 2.75) is 25.3 Å². The Morgan fingerprint density at radius 2 is 2.31 bits per heavy atom.